The molecule has 1 aliphatic carbocycles. The highest BCUT2D eigenvalue weighted by molar-refractivity contribution is 6.27. The minimum absolute atomic E-state index is 0.687. The van der Waals surface area contributed by atoms with E-state index in [1.54, 1.807) is 11.1 Å². The first-order valence-electron chi connectivity index (χ1n) is 7.58. The summed E-state index contributed by atoms with van der Waals surface area (Å²) in [7, 11) is 0. The molecule has 1 aromatic carbocycles. The Morgan fingerprint density at radius 1 is 1.09 bits per heavy atom. The third-order valence-corrected chi connectivity index (χ3v) is 4.11. The van der Waals surface area contributed by atoms with Gasteiger partial charge in [-0.05, 0) is 30.4 Å². The van der Waals surface area contributed by atoms with Gasteiger partial charge < -0.3 is 15.5 Å². The predicted molar refractivity (Wildman–Crippen MR) is 81.8 cm³/mol. The highest BCUT2D eigenvalue weighted by atomic mass is 16.4. The monoisotopic (exact) mass is 306 g/mol. The number of rotatable bonds is 1. The van der Waals surface area contributed by atoms with E-state index in [-0.39, 0.29) is 0 Å². The molecule has 0 radical (unpaired) electrons. The average molecular weight is 306 g/mol. The molecule has 1 aromatic rings. The summed E-state index contributed by atoms with van der Waals surface area (Å²) in [6, 6.07) is 9.70. The van der Waals surface area contributed by atoms with Gasteiger partial charge in [0.25, 0.3) is 0 Å². The van der Waals surface area contributed by atoms with Crippen molar-refractivity contribution in [1.29, 1.82) is 0 Å². The zero-order valence-corrected chi connectivity index (χ0v) is 12.5. The number of aliphatic carboxylic acids is 2. The second-order valence-corrected chi connectivity index (χ2v) is 5.50. The fourth-order valence-electron chi connectivity index (χ4n) is 3.10. The molecule has 3 rings (SSSR count). The molecule has 1 heterocycles. The van der Waals surface area contributed by atoms with Crippen LogP contribution in [-0.2, 0) is 16.0 Å². The van der Waals surface area contributed by atoms with E-state index < -0.39 is 11.9 Å². The first-order chi connectivity index (χ1) is 10.6. The standard InChI is InChI=1S/C14H20N2.C2H2O4/c1-2-6-13-12(4-1)5-3-7-14(13)16-10-8-15-9-11-16;3-1(4)2(5)6/h1-2,4,6,14-15H,3,5,7-11H2;(H,3,4)(H,5,6)/t14-;/m1./s1. The molecular weight excluding hydrogens is 284 g/mol. The molecule has 1 fully saturated rings. The molecule has 1 atom stereocenters. The fourth-order valence-corrected chi connectivity index (χ4v) is 3.10. The van der Waals surface area contributed by atoms with Gasteiger partial charge in [0.1, 0.15) is 0 Å². The summed E-state index contributed by atoms with van der Waals surface area (Å²) in [6.07, 6.45) is 3.97. The van der Waals surface area contributed by atoms with Crippen LogP contribution in [0.3, 0.4) is 0 Å². The minimum Gasteiger partial charge on any atom is -0.473 e. The molecule has 3 N–H and O–H groups in total. The SMILES string of the molecule is O=C(O)C(=O)O.c1ccc2c(c1)CCC[C@H]2N1CCNCC1. The molecule has 6 nitrogen and oxygen atoms in total. The Labute approximate surface area is 129 Å². The van der Waals surface area contributed by atoms with Gasteiger partial charge in [-0.2, -0.15) is 0 Å². The van der Waals surface area contributed by atoms with E-state index >= 15 is 0 Å². The Morgan fingerprint density at radius 3 is 2.36 bits per heavy atom. The number of aryl methyl sites for hydroxylation is 1. The van der Waals surface area contributed by atoms with Crippen LogP contribution in [0.5, 0.6) is 0 Å². The maximum absolute atomic E-state index is 9.10. The highest BCUT2D eigenvalue weighted by Crippen LogP contribution is 2.33. The Hall–Kier alpha value is -1.92. The zero-order chi connectivity index (χ0) is 15.9. The number of carboxylic acids is 2. The number of fused-ring (bicyclic) bond motifs is 1. The van der Waals surface area contributed by atoms with Crippen molar-refractivity contribution in [3.63, 3.8) is 0 Å². The maximum atomic E-state index is 9.10. The average Bonchev–Trinajstić information content (AvgIpc) is 2.55. The van der Waals surface area contributed by atoms with Crippen molar-refractivity contribution in [3.8, 4) is 0 Å². The molecule has 0 bridgehead atoms. The summed E-state index contributed by atoms with van der Waals surface area (Å²) in [5.41, 5.74) is 3.17. The number of piperazine rings is 1. The van der Waals surface area contributed by atoms with Crippen LogP contribution >= 0.6 is 0 Å². The number of nitrogens with zero attached hydrogens (tertiary/aromatic N) is 1. The lowest BCUT2D eigenvalue weighted by atomic mass is 9.86. The molecule has 1 saturated heterocycles. The second kappa shape index (κ2) is 7.91. The van der Waals surface area contributed by atoms with E-state index in [0.717, 1.165) is 13.1 Å². The zero-order valence-electron chi connectivity index (χ0n) is 12.5. The van der Waals surface area contributed by atoms with Gasteiger partial charge in [-0.1, -0.05) is 24.3 Å². The molecule has 0 saturated carbocycles. The van der Waals surface area contributed by atoms with E-state index in [2.05, 4.69) is 34.5 Å². The number of carbonyl (C=O) groups is 2. The van der Waals surface area contributed by atoms with Gasteiger partial charge in [-0.25, -0.2) is 9.59 Å². The number of nitrogens with one attached hydrogen (secondary N) is 1. The van der Waals surface area contributed by atoms with Crippen molar-refractivity contribution in [2.24, 2.45) is 0 Å². The summed E-state index contributed by atoms with van der Waals surface area (Å²) in [5.74, 6) is -3.65. The van der Waals surface area contributed by atoms with Crippen LogP contribution in [0.4, 0.5) is 0 Å². The second-order valence-electron chi connectivity index (χ2n) is 5.50. The molecule has 0 spiro atoms. The molecular formula is C16H22N2O4. The van der Waals surface area contributed by atoms with Crippen molar-refractivity contribution < 1.29 is 19.8 Å². The van der Waals surface area contributed by atoms with Crippen molar-refractivity contribution in [2.75, 3.05) is 26.2 Å². The lowest BCUT2D eigenvalue weighted by Crippen LogP contribution is -2.45. The predicted octanol–water partition coefficient (Wildman–Crippen LogP) is 1.12. The fraction of sp³-hybridized carbons (Fsp3) is 0.500. The van der Waals surface area contributed by atoms with Crippen LogP contribution < -0.4 is 5.32 Å². The Balaban J connectivity index is 0.000000254. The Kier molecular flexibility index (Phi) is 5.91. The van der Waals surface area contributed by atoms with Crippen LogP contribution in [0.25, 0.3) is 0 Å². The van der Waals surface area contributed by atoms with Crippen LogP contribution in [-0.4, -0.2) is 53.2 Å². The number of carboxylic acid groups (broad SMARTS) is 2. The van der Waals surface area contributed by atoms with E-state index in [0.29, 0.717) is 6.04 Å². The Bertz CT molecular complexity index is 515. The van der Waals surface area contributed by atoms with E-state index in [9.17, 15) is 0 Å². The summed E-state index contributed by atoms with van der Waals surface area (Å²) in [6.45, 7) is 4.72. The topological polar surface area (TPSA) is 89.9 Å². The van der Waals surface area contributed by atoms with Crippen molar-refractivity contribution in [1.82, 2.24) is 10.2 Å². The van der Waals surface area contributed by atoms with Gasteiger partial charge in [0.05, 0.1) is 0 Å². The number of hydrogen-bond donors (Lipinski definition) is 3. The van der Waals surface area contributed by atoms with E-state index in [1.807, 2.05) is 0 Å². The summed E-state index contributed by atoms with van der Waals surface area (Å²) < 4.78 is 0. The van der Waals surface area contributed by atoms with Crippen LogP contribution in [0.2, 0.25) is 0 Å². The van der Waals surface area contributed by atoms with Crippen molar-refractivity contribution in [2.45, 2.75) is 25.3 Å². The van der Waals surface area contributed by atoms with Gasteiger partial charge in [0.15, 0.2) is 0 Å². The Morgan fingerprint density at radius 2 is 1.73 bits per heavy atom. The molecule has 0 aromatic heterocycles. The summed E-state index contributed by atoms with van der Waals surface area (Å²) >= 11 is 0. The normalized spacial score (nSPS) is 21.2. The van der Waals surface area contributed by atoms with Gasteiger partial charge in [-0.15, -0.1) is 0 Å². The summed E-state index contributed by atoms with van der Waals surface area (Å²) in [5, 5.41) is 18.2. The van der Waals surface area contributed by atoms with Crippen LogP contribution in [0.1, 0.15) is 30.0 Å². The third kappa shape index (κ3) is 4.29. The highest BCUT2D eigenvalue weighted by Gasteiger charge is 2.26. The van der Waals surface area contributed by atoms with Gasteiger partial charge in [-0.3, -0.25) is 4.90 Å². The van der Waals surface area contributed by atoms with Crippen LogP contribution in [0, 0.1) is 0 Å². The quantitative estimate of drug-likeness (QED) is 0.674. The van der Waals surface area contributed by atoms with E-state index in [4.69, 9.17) is 19.8 Å². The van der Waals surface area contributed by atoms with Crippen molar-refractivity contribution >= 4 is 11.9 Å². The molecule has 0 unspecified atom stereocenters. The van der Waals surface area contributed by atoms with Crippen molar-refractivity contribution in [3.05, 3.63) is 35.4 Å². The number of benzene rings is 1. The molecule has 1 aliphatic heterocycles. The molecule has 6 heteroatoms. The minimum atomic E-state index is -1.82. The largest absolute Gasteiger partial charge is 0.473 e. The maximum Gasteiger partial charge on any atom is 0.414 e. The van der Waals surface area contributed by atoms with Gasteiger partial charge >= 0.3 is 11.9 Å². The first-order valence-corrected chi connectivity index (χ1v) is 7.58. The smallest absolute Gasteiger partial charge is 0.414 e. The molecule has 2 aliphatic rings. The molecule has 120 valence electrons. The van der Waals surface area contributed by atoms with E-state index in [1.165, 1.54) is 32.4 Å². The van der Waals surface area contributed by atoms with Gasteiger partial charge in [0, 0.05) is 32.2 Å². The first kappa shape index (κ1) is 16.5. The number of hydrogen-bond acceptors (Lipinski definition) is 4. The lowest BCUT2D eigenvalue weighted by Gasteiger charge is -2.38. The third-order valence-electron chi connectivity index (χ3n) is 4.11. The molecule has 0 amide bonds. The summed E-state index contributed by atoms with van der Waals surface area (Å²) in [4.78, 5) is 20.9. The lowest BCUT2D eigenvalue weighted by molar-refractivity contribution is -0.159. The van der Waals surface area contributed by atoms with Crippen LogP contribution in [0.15, 0.2) is 24.3 Å². The van der Waals surface area contributed by atoms with Gasteiger partial charge in [0.2, 0.25) is 0 Å². The molecule has 22 heavy (non-hydrogen) atoms.